The van der Waals surface area contributed by atoms with Crippen LogP contribution in [-0.4, -0.2) is 14.8 Å². The van der Waals surface area contributed by atoms with Crippen LogP contribution in [0.2, 0.25) is 0 Å². The van der Waals surface area contributed by atoms with E-state index in [0.29, 0.717) is 0 Å². The number of aryl methyl sites for hydroxylation is 2. The Kier molecular flexibility index (Phi) is 2.34. The van der Waals surface area contributed by atoms with Crippen LogP contribution in [0.5, 0.6) is 0 Å². The van der Waals surface area contributed by atoms with Crippen molar-refractivity contribution in [1.82, 2.24) is 14.8 Å². The average Bonchev–Trinajstić information content (AvgIpc) is 2.44. The summed E-state index contributed by atoms with van der Waals surface area (Å²) in [6.45, 7) is 5.68. The van der Waals surface area contributed by atoms with Gasteiger partial charge in [-0.15, -0.1) is 0 Å². The van der Waals surface area contributed by atoms with Gasteiger partial charge in [0.2, 0.25) is 0 Å². The molecule has 1 aliphatic rings. The van der Waals surface area contributed by atoms with Crippen LogP contribution in [0.25, 0.3) is 0 Å². The molecule has 0 aromatic carbocycles. The summed E-state index contributed by atoms with van der Waals surface area (Å²) in [5.41, 5.74) is 0. The lowest BCUT2D eigenvalue weighted by molar-refractivity contribution is 0.332. The molecule has 0 saturated carbocycles. The van der Waals surface area contributed by atoms with E-state index in [2.05, 4.69) is 28.6 Å². The van der Waals surface area contributed by atoms with Crippen LogP contribution in [0, 0.1) is 11.8 Å². The van der Waals surface area contributed by atoms with Gasteiger partial charge in [-0.2, -0.15) is 5.10 Å². The van der Waals surface area contributed by atoms with Gasteiger partial charge in [-0.25, -0.2) is 4.98 Å². The fraction of sp³-hybridized carbons (Fsp3) is 0.800. The van der Waals surface area contributed by atoms with Gasteiger partial charge in [-0.05, 0) is 24.7 Å². The molecule has 3 nitrogen and oxygen atoms in total. The molecule has 0 bridgehead atoms. The number of hydrogen-bond acceptors (Lipinski definition) is 2. The highest BCUT2D eigenvalue weighted by Gasteiger charge is 2.19. The van der Waals surface area contributed by atoms with Crippen LogP contribution in [0.1, 0.15) is 32.5 Å². The number of aromatic nitrogens is 3. The average molecular weight is 179 g/mol. The van der Waals surface area contributed by atoms with Crippen molar-refractivity contribution in [3.8, 4) is 0 Å². The van der Waals surface area contributed by atoms with E-state index < -0.39 is 0 Å². The van der Waals surface area contributed by atoms with Gasteiger partial charge in [0.1, 0.15) is 12.2 Å². The van der Waals surface area contributed by atoms with Crippen molar-refractivity contribution in [3.05, 3.63) is 12.2 Å². The Hall–Kier alpha value is -0.860. The first-order valence-electron chi connectivity index (χ1n) is 5.14. The molecule has 1 unspecified atom stereocenters. The minimum Gasteiger partial charge on any atom is -0.250 e. The summed E-state index contributed by atoms with van der Waals surface area (Å²) in [5.74, 6) is 2.82. The smallest absolute Gasteiger partial charge is 0.138 e. The Morgan fingerprint density at radius 1 is 1.46 bits per heavy atom. The van der Waals surface area contributed by atoms with E-state index in [1.807, 2.05) is 0 Å². The van der Waals surface area contributed by atoms with Gasteiger partial charge in [0, 0.05) is 13.0 Å². The minimum absolute atomic E-state index is 0.796. The zero-order chi connectivity index (χ0) is 9.26. The molecule has 0 spiro atoms. The molecular formula is C10H17N3. The Bertz CT molecular complexity index is 255. The molecule has 13 heavy (non-hydrogen) atoms. The van der Waals surface area contributed by atoms with Crippen LogP contribution in [0.15, 0.2) is 6.33 Å². The molecule has 0 radical (unpaired) electrons. The van der Waals surface area contributed by atoms with Crippen molar-refractivity contribution in [2.24, 2.45) is 11.8 Å². The van der Waals surface area contributed by atoms with Gasteiger partial charge in [0.25, 0.3) is 0 Å². The molecule has 0 N–H and O–H groups in total. The van der Waals surface area contributed by atoms with Crippen LogP contribution in [-0.2, 0) is 13.0 Å². The largest absolute Gasteiger partial charge is 0.250 e. The van der Waals surface area contributed by atoms with E-state index in [1.165, 1.54) is 18.7 Å². The van der Waals surface area contributed by atoms with Crippen LogP contribution in [0.3, 0.4) is 0 Å². The van der Waals surface area contributed by atoms with Crippen LogP contribution >= 0.6 is 0 Å². The number of fused-ring (bicyclic) bond motifs is 1. The molecule has 1 aromatic rings. The number of hydrogen-bond donors (Lipinski definition) is 0. The molecule has 1 atom stereocenters. The van der Waals surface area contributed by atoms with Crippen LogP contribution < -0.4 is 0 Å². The summed E-state index contributed by atoms with van der Waals surface area (Å²) >= 11 is 0. The topological polar surface area (TPSA) is 30.7 Å². The molecule has 2 heterocycles. The van der Waals surface area contributed by atoms with Crippen molar-refractivity contribution in [3.63, 3.8) is 0 Å². The lowest BCUT2D eigenvalue weighted by Gasteiger charge is -2.17. The number of rotatable bonds is 1. The zero-order valence-electron chi connectivity index (χ0n) is 8.40. The van der Waals surface area contributed by atoms with Gasteiger partial charge in [0.15, 0.2) is 0 Å². The Morgan fingerprint density at radius 3 is 3.08 bits per heavy atom. The third-order valence-electron chi connectivity index (χ3n) is 3.09. The van der Waals surface area contributed by atoms with Crippen molar-refractivity contribution in [1.29, 1.82) is 0 Å². The standard InChI is InChI=1S/C10H17N3/c1-8(2)9-3-4-10-11-7-12-13(10)6-5-9/h7-9H,3-6H2,1-2H3. The summed E-state index contributed by atoms with van der Waals surface area (Å²) in [4.78, 5) is 4.26. The second-order valence-electron chi connectivity index (χ2n) is 4.23. The lowest BCUT2D eigenvalue weighted by atomic mass is 9.89. The maximum absolute atomic E-state index is 4.26. The molecule has 0 fully saturated rings. The summed E-state index contributed by atoms with van der Waals surface area (Å²) in [6, 6.07) is 0. The van der Waals surface area contributed by atoms with Crippen LogP contribution in [0.4, 0.5) is 0 Å². The molecule has 0 saturated heterocycles. The zero-order valence-corrected chi connectivity index (χ0v) is 8.40. The fourth-order valence-corrected chi connectivity index (χ4v) is 2.08. The summed E-state index contributed by atoms with van der Waals surface area (Å²) < 4.78 is 2.06. The summed E-state index contributed by atoms with van der Waals surface area (Å²) in [6.07, 6.45) is 5.30. The second kappa shape index (κ2) is 3.48. The third-order valence-corrected chi connectivity index (χ3v) is 3.09. The molecule has 0 aliphatic carbocycles. The van der Waals surface area contributed by atoms with Gasteiger partial charge in [0.05, 0.1) is 0 Å². The maximum Gasteiger partial charge on any atom is 0.138 e. The fourth-order valence-electron chi connectivity index (χ4n) is 2.08. The molecule has 72 valence electrons. The predicted octanol–water partition coefficient (Wildman–Crippen LogP) is 1.89. The van der Waals surface area contributed by atoms with E-state index in [-0.39, 0.29) is 0 Å². The quantitative estimate of drug-likeness (QED) is 0.659. The van der Waals surface area contributed by atoms with E-state index in [4.69, 9.17) is 0 Å². The van der Waals surface area contributed by atoms with Gasteiger partial charge in [-0.3, -0.25) is 4.68 Å². The SMILES string of the molecule is CC(C)C1CCc2ncnn2CC1. The molecule has 2 rings (SSSR count). The van der Waals surface area contributed by atoms with Crippen molar-refractivity contribution in [2.75, 3.05) is 0 Å². The minimum atomic E-state index is 0.796. The summed E-state index contributed by atoms with van der Waals surface area (Å²) in [7, 11) is 0. The van der Waals surface area contributed by atoms with Crippen molar-refractivity contribution in [2.45, 2.75) is 39.7 Å². The van der Waals surface area contributed by atoms with E-state index in [0.717, 1.165) is 24.8 Å². The van der Waals surface area contributed by atoms with E-state index >= 15 is 0 Å². The number of nitrogens with zero attached hydrogens (tertiary/aromatic N) is 3. The first kappa shape index (κ1) is 8.73. The van der Waals surface area contributed by atoms with Crippen molar-refractivity contribution < 1.29 is 0 Å². The second-order valence-corrected chi connectivity index (χ2v) is 4.23. The highest BCUT2D eigenvalue weighted by molar-refractivity contribution is 4.88. The van der Waals surface area contributed by atoms with Gasteiger partial charge < -0.3 is 0 Å². The Labute approximate surface area is 79.2 Å². The highest BCUT2D eigenvalue weighted by atomic mass is 15.3. The van der Waals surface area contributed by atoms with Gasteiger partial charge in [-0.1, -0.05) is 13.8 Å². The maximum atomic E-state index is 4.26. The Morgan fingerprint density at radius 2 is 2.31 bits per heavy atom. The summed E-state index contributed by atoms with van der Waals surface area (Å²) in [5, 5.41) is 4.22. The van der Waals surface area contributed by atoms with E-state index in [9.17, 15) is 0 Å². The van der Waals surface area contributed by atoms with Crippen molar-refractivity contribution >= 4 is 0 Å². The molecule has 0 amide bonds. The molecule has 1 aliphatic heterocycles. The first-order valence-corrected chi connectivity index (χ1v) is 5.14. The molecule has 3 heteroatoms. The molecular weight excluding hydrogens is 162 g/mol. The monoisotopic (exact) mass is 179 g/mol. The normalized spacial score (nSPS) is 22.8. The highest BCUT2D eigenvalue weighted by Crippen LogP contribution is 2.24. The third kappa shape index (κ3) is 1.74. The lowest BCUT2D eigenvalue weighted by Crippen LogP contribution is -2.09. The Balaban J connectivity index is 2.08. The van der Waals surface area contributed by atoms with E-state index in [1.54, 1.807) is 6.33 Å². The first-order chi connectivity index (χ1) is 6.27. The predicted molar refractivity (Wildman–Crippen MR) is 51.3 cm³/mol. The van der Waals surface area contributed by atoms with Gasteiger partial charge >= 0.3 is 0 Å². The molecule has 1 aromatic heterocycles.